The zero-order valence-electron chi connectivity index (χ0n) is 15.1. The highest BCUT2D eigenvalue weighted by Gasteiger charge is 2.43. The Morgan fingerprint density at radius 1 is 1.33 bits per heavy atom. The minimum Gasteiger partial charge on any atom is -0.391 e. The van der Waals surface area contributed by atoms with E-state index in [1.165, 1.54) is 0 Å². The number of nitrogens with zero attached hydrogens (tertiary/aromatic N) is 4. The highest BCUT2D eigenvalue weighted by molar-refractivity contribution is 5.76. The maximum absolute atomic E-state index is 12.6. The third-order valence-corrected chi connectivity index (χ3v) is 5.81. The molecule has 4 atom stereocenters. The number of carbonyl (C=O) groups excluding carboxylic acids is 1. The molecule has 0 unspecified atom stereocenters. The minimum atomic E-state index is -0.269. The van der Waals surface area contributed by atoms with Crippen LogP contribution in [-0.4, -0.2) is 69.7 Å². The number of likely N-dealkylation sites (N-methyl/N-ethyl adjacent to an activating group) is 1. The Hall–Kier alpha value is -1.40. The topological polar surface area (TPSA) is 61.6 Å². The van der Waals surface area contributed by atoms with E-state index in [1.54, 1.807) is 6.20 Å². The lowest BCUT2D eigenvalue weighted by Gasteiger charge is -2.38. The van der Waals surface area contributed by atoms with Gasteiger partial charge in [-0.25, -0.2) is 4.98 Å². The fraction of sp³-hybridized carbons (Fsp3) is 0.778. The fourth-order valence-electron chi connectivity index (χ4n) is 4.40. The SMILES string of the molecule is CCc1nccn1CCC(=O)N1C[C@H]2C[C@@H](N(C)C)[C@H](O)C[C@H]2C1. The Morgan fingerprint density at radius 3 is 2.71 bits per heavy atom. The molecule has 1 saturated heterocycles. The van der Waals surface area contributed by atoms with E-state index in [1.807, 2.05) is 25.2 Å². The molecule has 0 spiro atoms. The molecule has 134 valence electrons. The summed E-state index contributed by atoms with van der Waals surface area (Å²) in [6.45, 7) is 4.45. The molecule has 1 aromatic heterocycles. The van der Waals surface area contributed by atoms with Crippen molar-refractivity contribution in [2.24, 2.45) is 11.8 Å². The number of aliphatic hydroxyl groups excluding tert-OH is 1. The number of imidazole rings is 1. The number of hydrogen-bond acceptors (Lipinski definition) is 4. The summed E-state index contributed by atoms with van der Waals surface area (Å²) in [7, 11) is 4.06. The van der Waals surface area contributed by atoms with Gasteiger partial charge in [0.15, 0.2) is 0 Å². The number of aryl methyl sites for hydroxylation is 2. The van der Waals surface area contributed by atoms with Gasteiger partial charge in [0.2, 0.25) is 5.91 Å². The van der Waals surface area contributed by atoms with Gasteiger partial charge in [-0.15, -0.1) is 0 Å². The lowest BCUT2D eigenvalue weighted by atomic mass is 9.77. The summed E-state index contributed by atoms with van der Waals surface area (Å²) in [4.78, 5) is 21.0. The van der Waals surface area contributed by atoms with Crippen molar-refractivity contribution in [2.45, 2.75) is 51.3 Å². The van der Waals surface area contributed by atoms with E-state index in [0.717, 1.165) is 38.2 Å². The summed E-state index contributed by atoms with van der Waals surface area (Å²) >= 11 is 0. The van der Waals surface area contributed by atoms with Crippen LogP contribution in [0.4, 0.5) is 0 Å². The molecule has 1 N–H and O–H groups in total. The summed E-state index contributed by atoms with van der Waals surface area (Å²) in [5.41, 5.74) is 0. The first kappa shape index (κ1) is 17.4. The van der Waals surface area contributed by atoms with Gasteiger partial charge in [0, 0.05) is 50.9 Å². The van der Waals surface area contributed by atoms with Crippen molar-refractivity contribution in [1.82, 2.24) is 19.4 Å². The van der Waals surface area contributed by atoms with E-state index in [0.29, 0.717) is 24.8 Å². The zero-order chi connectivity index (χ0) is 17.3. The summed E-state index contributed by atoms with van der Waals surface area (Å²) in [6.07, 6.45) is 6.71. The summed E-state index contributed by atoms with van der Waals surface area (Å²) < 4.78 is 2.08. The van der Waals surface area contributed by atoms with Gasteiger partial charge in [0.25, 0.3) is 0 Å². The summed E-state index contributed by atoms with van der Waals surface area (Å²) in [6, 6.07) is 0.222. The van der Waals surface area contributed by atoms with Gasteiger partial charge in [-0.05, 0) is 38.8 Å². The van der Waals surface area contributed by atoms with Crippen molar-refractivity contribution in [3.8, 4) is 0 Å². The van der Waals surface area contributed by atoms with E-state index in [-0.39, 0.29) is 18.1 Å². The second-order valence-electron chi connectivity index (χ2n) is 7.53. The monoisotopic (exact) mass is 334 g/mol. The standard InChI is InChI=1S/C18H30N4O2/c1-4-17-19-6-8-21(17)7-5-18(24)22-11-13-9-15(20(2)3)16(23)10-14(13)12-22/h6,8,13-16,23H,4-5,7,9-12H2,1-3H3/t13-,14+,15-,16-/m1/s1. The largest absolute Gasteiger partial charge is 0.391 e. The number of rotatable bonds is 5. The molecule has 1 saturated carbocycles. The van der Waals surface area contributed by atoms with Crippen molar-refractivity contribution in [3.63, 3.8) is 0 Å². The van der Waals surface area contributed by atoms with E-state index in [9.17, 15) is 9.90 Å². The molecular weight excluding hydrogens is 304 g/mol. The summed E-state index contributed by atoms with van der Waals surface area (Å²) in [5, 5.41) is 10.3. The van der Waals surface area contributed by atoms with Crippen LogP contribution < -0.4 is 0 Å². The normalized spacial score (nSPS) is 30.0. The molecule has 6 nitrogen and oxygen atoms in total. The second-order valence-corrected chi connectivity index (χ2v) is 7.53. The molecule has 2 heterocycles. The maximum atomic E-state index is 12.6. The quantitative estimate of drug-likeness (QED) is 0.872. The molecule has 0 aromatic carbocycles. The van der Waals surface area contributed by atoms with Crippen LogP contribution in [0.5, 0.6) is 0 Å². The van der Waals surface area contributed by atoms with E-state index >= 15 is 0 Å². The molecule has 24 heavy (non-hydrogen) atoms. The molecule has 3 rings (SSSR count). The third-order valence-electron chi connectivity index (χ3n) is 5.81. The number of fused-ring (bicyclic) bond motifs is 1. The van der Waals surface area contributed by atoms with Crippen molar-refractivity contribution in [3.05, 3.63) is 18.2 Å². The average molecular weight is 334 g/mol. The van der Waals surface area contributed by atoms with E-state index in [2.05, 4.69) is 21.4 Å². The molecule has 2 fully saturated rings. The third kappa shape index (κ3) is 3.49. The van der Waals surface area contributed by atoms with Crippen LogP contribution in [0.2, 0.25) is 0 Å². The van der Waals surface area contributed by atoms with Crippen LogP contribution in [0.1, 0.15) is 32.0 Å². The van der Waals surface area contributed by atoms with Crippen LogP contribution in [0, 0.1) is 11.8 Å². The van der Waals surface area contributed by atoms with Gasteiger partial charge in [-0.3, -0.25) is 4.79 Å². The van der Waals surface area contributed by atoms with Gasteiger partial charge in [0.1, 0.15) is 5.82 Å². The van der Waals surface area contributed by atoms with Crippen LogP contribution in [0.15, 0.2) is 12.4 Å². The molecule has 1 aliphatic carbocycles. The Balaban J connectivity index is 1.54. The zero-order valence-corrected chi connectivity index (χ0v) is 15.1. The first-order chi connectivity index (χ1) is 11.5. The first-order valence-corrected chi connectivity index (χ1v) is 9.11. The Morgan fingerprint density at radius 2 is 2.04 bits per heavy atom. The molecule has 2 aliphatic rings. The Labute approximate surface area is 144 Å². The average Bonchev–Trinajstić information content (AvgIpc) is 3.17. The minimum absolute atomic E-state index is 0.222. The number of aromatic nitrogens is 2. The molecule has 1 aromatic rings. The lowest BCUT2D eigenvalue weighted by molar-refractivity contribution is -0.130. The highest BCUT2D eigenvalue weighted by atomic mass is 16.3. The molecule has 1 aliphatic heterocycles. The van der Waals surface area contributed by atoms with Crippen molar-refractivity contribution in [2.75, 3.05) is 27.2 Å². The first-order valence-electron chi connectivity index (χ1n) is 9.11. The highest BCUT2D eigenvalue weighted by Crippen LogP contribution is 2.37. The number of carbonyl (C=O) groups is 1. The van der Waals surface area contributed by atoms with E-state index < -0.39 is 0 Å². The second kappa shape index (κ2) is 7.23. The van der Waals surface area contributed by atoms with Gasteiger partial charge in [0.05, 0.1) is 6.10 Å². The van der Waals surface area contributed by atoms with Crippen LogP contribution in [-0.2, 0) is 17.8 Å². The number of hydrogen-bond donors (Lipinski definition) is 1. The fourth-order valence-corrected chi connectivity index (χ4v) is 4.40. The van der Waals surface area contributed by atoms with Gasteiger partial charge in [-0.2, -0.15) is 0 Å². The van der Waals surface area contributed by atoms with Crippen LogP contribution in [0.3, 0.4) is 0 Å². The molecule has 0 bridgehead atoms. The van der Waals surface area contributed by atoms with Gasteiger partial charge >= 0.3 is 0 Å². The van der Waals surface area contributed by atoms with Crippen LogP contribution >= 0.6 is 0 Å². The molecule has 1 amide bonds. The number of likely N-dealkylation sites (tertiary alicyclic amines) is 1. The van der Waals surface area contributed by atoms with Crippen LogP contribution in [0.25, 0.3) is 0 Å². The Bertz CT molecular complexity index is 571. The lowest BCUT2D eigenvalue weighted by Crippen LogP contribution is -2.46. The molecule has 0 radical (unpaired) electrons. The number of aliphatic hydroxyl groups is 1. The smallest absolute Gasteiger partial charge is 0.224 e. The van der Waals surface area contributed by atoms with E-state index in [4.69, 9.17) is 0 Å². The predicted molar refractivity (Wildman–Crippen MR) is 92.5 cm³/mol. The van der Waals surface area contributed by atoms with Gasteiger partial charge < -0.3 is 19.5 Å². The van der Waals surface area contributed by atoms with Crippen molar-refractivity contribution < 1.29 is 9.90 Å². The Kier molecular flexibility index (Phi) is 5.25. The predicted octanol–water partition coefficient (Wildman–Crippen LogP) is 0.995. The van der Waals surface area contributed by atoms with Crippen molar-refractivity contribution >= 4 is 5.91 Å². The van der Waals surface area contributed by atoms with Gasteiger partial charge in [-0.1, -0.05) is 6.92 Å². The molecular formula is C18H30N4O2. The summed E-state index contributed by atoms with van der Waals surface area (Å²) in [5.74, 6) is 2.26. The number of amides is 1. The maximum Gasteiger partial charge on any atom is 0.224 e. The van der Waals surface area contributed by atoms with Crippen molar-refractivity contribution in [1.29, 1.82) is 0 Å². The molecule has 6 heteroatoms.